The lowest BCUT2D eigenvalue weighted by atomic mass is 10.0. The third-order valence-electron chi connectivity index (χ3n) is 7.83. The monoisotopic (exact) mass is 580 g/mol. The van der Waals surface area contributed by atoms with Crippen molar-refractivity contribution >= 4 is 45.0 Å². The first-order valence-corrected chi connectivity index (χ1v) is 15.2. The Bertz CT molecular complexity index is 1820. The second-order valence-corrected chi connectivity index (χ2v) is 11.0. The Hall–Kier alpha value is -5.36. The Labute approximate surface area is 257 Å². The molecule has 2 aromatic heterocycles. The van der Waals surface area contributed by atoms with Crippen molar-refractivity contribution < 1.29 is 18.7 Å². The Morgan fingerprint density at radius 3 is 1.34 bits per heavy atom. The van der Waals surface area contributed by atoms with Gasteiger partial charge in [0.05, 0.1) is 0 Å². The highest BCUT2D eigenvalue weighted by atomic mass is 16.2. The van der Waals surface area contributed by atoms with Crippen LogP contribution in [-0.2, 0) is 13.1 Å². The van der Waals surface area contributed by atoms with E-state index in [1.54, 1.807) is 0 Å². The zero-order chi connectivity index (χ0) is 30.5. The lowest BCUT2D eigenvalue weighted by molar-refractivity contribution is -0.671. The van der Waals surface area contributed by atoms with Gasteiger partial charge in [-0.2, -0.15) is 9.13 Å². The average molecular weight is 581 g/mol. The molecule has 44 heavy (non-hydrogen) atoms. The van der Waals surface area contributed by atoms with Gasteiger partial charge >= 0.3 is 0 Å². The number of hydrogen-bond acceptors (Lipinski definition) is 2. The van der Waals surface area contributed by atoms with Crippen molar-refractivity contribution in [2.45, 2.75) is 39.8 Å². The van der Waals surface area contributed by atoms with Gasteiger partial charge in [-0.1, -0.05) is 38.1 Å². The molecule has 6 aromatic rings. The molecule has 4 aromatic carbocycles. The molecule has 2 amide bonds. The summed E-state index contributed by atoms with van der Waals surface area (Å²) in [5, 5.41) is 8.22. The average Bonchev–Trinajstić information content (AvgIpc) is 3.05. The number of hydrogen-bond donors (Lipinski definition) is 2. The Morgan fingerprint density at radius 1 is 0.545 bits per heavy atom. The van der Waals surface area contributed by atoms with Gasteiger partial charge in [0.15, 0.2) is 12.4 Å². The molecule has 2 heterocycles. The molecule has 0 radical (unpaired) electrons. The SMILES string of the molecule is CCC[n+]1cccc2cc(NC(=O)c3ccc(-c4ccc(C(=O)Nc5ccc6c(ccc[n+]6CCC)c5)cc4)cc3)ccc21. The highest BCUT2D eigenvalue weighted by Crippen LogP contribution is 2.23. The Balaban J connectivity index is 1.10. The number of nitrogens with zero attached hydrogens (tertiary/aromatic N) is 2. The van der Waals surface area contributed by atoms with E-state index >= 15 is 0 Å². The van der Waals surface area contributed by atoms with Gasteiger partial charge in [-0.25, -0.2) is 0 Å². The topological polar surface area (TPSA) is 66.0 Å². The van der Waals surface area contributed by atoms with Gasteiger partial charge in [0, 0.05) is 70.4 Å². The summed E-state index contributed by atoms with van der Waals surface area (Å²) in [7, 11) is 0. The molecule has 0 fully saturated rings. The van der Waals surface area contributed by atoms with Gasteiger partial charge in [0.25, 0.3) is 11.8 Å². The molecule has 0 aliphatic carbocycles. The van der Waals surface area contributed by atoms with Crippen LogP contribution in [0.2, 0.25) is 0 Å². The largest absolute Gasteiger partial charge is 0.322 e. The number of pyridine rings is 2. The molecule has 0 spiro atoms. The quantitative estimate of drug-likeness (QED) is 0.173. The predicted octanol–water partition coefficient (Wildman–Crippen LogP) is 7.56. The van der Waals surface area contributed by atoms with Crippen molar-refractivity contribution in [1.82, 2.24) is 0 Å². The number of benzene rings is 4. The minimum Gasteiger partial charge on any atom is -0.322 e. The first kappa shape index (κ1) is 28.7. The number of anilines is 2. The van der Waals surface area contributed by atoms with Crippen LogP contribution in [0.4, 0.5) is 11.4 Å². The molecule has 0 saturated heterocycles. The maximum Gasteiger partial charge on any atom is 0.255 e. The fraction of sp³-hybridized carbons (Fsp3) is 0.158. The van der Waals surface area contributed by atoms with Crippen LogP contribution in [0.25, 0.3) is 32.9 Å². The van der Waals surface area contributed by atoms with E-state index in [1.807, 2.05) is 84.9 Å². The highest BCUT2D eigenvalue weighted by molar-refractivity contribution is 6.06. The van der Waals surface area contributed by atoms with Crippen LogP contribution in [0.5, 0.6) is 0 Å². The first-order chi connectivity index (χ1) is 21.5. The number of fused-ring (bicyclic) bond motifs is 2. The standard InChI is InChI=1S/C38H34N4O2/c1-3-21-41-23-5-7-31-25-33(17-19-35(31)41)39-37(43)29-13-9-27(10-14-29)28-11-15-30(16-12-28)38(44)40-34-18-20-36-32(26-34)8-6-24-42(36)22-4-2/h5-20,23-26H,3-4,21-22H2,1-2H3/p+2. The summed E-state index contributed by atoms with van der Waals surface area (Å²) in [6, 6.07) is 35.2. The summed E-state index contributed by atoms with van der Waals surface area (Å²) in [5.41, 5.74) is 6.91. The van der Waals surface area contributed by atoms with Crippen molar-refractivity contribution in [2.24, 2.45) is 0 Å². The minimum atomic E-state index is -0.158. The number of aryl methyl sites for hydroxylation is 2. The van der Waals surface area contributed by atoms with Crippen LogP contribution in [0.3, 0.4) is 0 Å². The molecule has 0 saturated carbocycles. The summed E-state index contributed by atoms with van der Waals surface area (Å²) < 4.78 is 4.46. The van der Waals surface area contributed by atoms with E-state index in [9.17, 15) is 9.59 Å². The van der Waals surface area contributed by atoms with Crippen molar-refractivity contribution in [3.8, 4) is 11.1 Å². The van der Waals surface area contributed by atoms with Gasteiger partial charge in [0.2, 0.25) is 11.0 Å². The number of carbonyl (C=O) groups excluding carboxylic acids is 2. The summed E-state index contributed by atoms with van der Waals surface area (Å²) in [6.45, 7) is 6.23. The lowest BCUT2D eigenvalue weighted by Crippen LogP contribution is -2.33. The van der Waals surface area contributed by atoms with Crippen LogP contribution in [-0.4, -0.2) is 11.8 Å². The first-order valence-electron chi connectivity index (χ1n) is 15.2. The van der Waals surface area contributed by atoms with Crippen molar-refractivity contribution in [3.63, 3.8) is 0 Å². The second kappa shape index (κ2) is 12.9. The summed E-state index contributed by atoms with van der Waals surface area (Å²) in [5.74, 6) is -0.316. The van der Waals surface area contributed by atoms with E-state index in [0.717, 1.165) is 70.2 Å². The predicted molar refractivity (Wildman–Crippen MR) is 177 cm³/mol. The smallest absolute Gasteiger partial charge is 0.255 e. The van der Waals surface area contributed by atoms with Crippen molar-refractivity contribution in [1.29, 1.82) is 0 Å². The third kappa shape index (κ3) is 6.20. The molecular weight excluding hydrogens is 544 g/mol. The van der Waals surface area contributed by atoms with E-state index < -0.39 is 0 Å². The van der Waals surface area contributed by atoms with Crippen LogP contribution < -0.4 is 19.8 Å². The number of amides is 2. The summed E-state index contributed by atoms with van der Waals surface area (Å²) in [4.78, 5) is 26.0. The van der Waals surface area contributed by atoms with Gasteiger partial charge < -0.3 is 10.6 Å². The number of nitrogens with one attached hydrogen (secondary N) is 2. The van der Waals surface area contributed by atoms with Gasteiger partial charge in [-0.15, -0.1) is 0 Å². The van der Waals surface area contributed by atoms with Crippen LogP contribution in [0, 0.1) is 0 Å². The van der Waals surface area contributed by atoms with E-state index in [4.69, 9.17) is 0 Å². The van der Waals surface area contributed by atoms with Gasteiger partial charge in [-0.05, 0) is 71.8 Å². The van der Waals surface area contributed by atoms with Gasteiger partial charge in [0.1, 0.15) is 13.1 Å². The molecule has 6 nitrogen and oxygen atoms in total. The van der Waals surface area contributed by atoms with E-state index in [1.165, 1.54) is 0 Å². The molecule has 6 heteroatoms. The zero-order valence-electron chi connectivity index (χ0n) is 25.1. The third-order valence-corrected chi connectivity index (χ3v) is 7.83. The number of aromatic nitrogens is 2. The normalized spacial score (nSPS) is 11.0. The highest BCUT2D eigenvalue weighted by Gasteiger charge is 2.13. The number of carbonyl (C=O) groups is 2. The fourth-order valence-corrected chi connectivity index (χ4v) is 5.62. The molecule has 0 aliphatic heterocycles. The molecule has 2 N–H and O–H groups in total. The maximum absolute atomic E-state index is 13.0. The molecule has 0 bridgehead atoms. The van der Waals surface area contributed by atoms with E-state index in [2.05, 4.69) is 70.3 Å². The van der Waals surface area contributed by atoms with Gasteiger partial charge in [-0.3, -0.25) is 9.59 Å². The second-order valence-electron chi connectivity index (χ2n) is 11.0. The Morgan fingerprint density at radius 2 is 0.955 bits per heavy atom. The number of rotatable bonds is 9. The molecule has 0 atom stereocenters. The summed E-state index contributed by atoms with van der Waals surface area (Å²) in [6.07, 6.45) is 6.29. The molecular formula is C38H36N4O2+2. The minimum absolute atomic E-state index is 0.158. The fourth-order valence-electron chi connectivity index (χ4n) is 5.62. The van der Waals surface area contributed by atoms with Crippen LogP contribution >= 0.6 is 0 Å². The van der Waals surface area contributed by atoms with Crippen molar-refractivity contribution in [2.75, 3.05) is 10.6 Å². The molecule has 0 aliphatic rings. The maximum atomic E-state index is 13.0. The lowest BCUT2D eigenvalue weighted by Gasteiger charge is -2.09. The zero-order valence-corrected chi connectivity index (χ0v) is 25.1. The summed E-state index contributed by atoms with van der Waals surface area (Å²) >= 11 is 0. The van der Waals surface area contributed by atoms with Crippen molar-refractivity contribution in [3.05, 3.63) is 133 Å². The van der Waals surface area contributed by atoms with Crippen LogP contribution in [0.1, 0.15) is 47.4 Å². The van der Waals surface area contributed by atoms with E-state index in [-0.39, 0.29) is 11.8 Å². The Kier molecular flexibility index (Phi) is 8.41. The molecule has 6 rings (SSSR count). The molecule has 0 unspecified atom stereocenters. The van der Waals surface area contributed by atoms with Crippen LogP contribution in [0.15, 0.2) is 122 Å². The van der Waals surface area contributed by atoms with E-state index in [0.29, 0.717) is 11.1 Å². The molecule has 218 valence electrons.